The summed E-state index contributed by atoms with van der Waals surface area (Å²) in [6.07, 6.45) is 1.73. The van der Waals surface area contributed by atoms with Crippen molar-refractivity contribution in [3.05, 3.63) is 76.4 Å². The Hall–Kier alpha value is -2.40. The standard InChI is InChI=1S/C17H13FN2OS/c18-14-8-6-12(7-9-14)10-15-16(21)20-17(22-15)19-11-13-4-2-1-3-5-13/h1-10H,11H2,(H,19,20,21). The van der Waals surface area contributed by atoms with E-state index in [1.807, 2.05) is 30.3 Å². The first kappa shape index (κ1) is 14.5. The maximum atomic E-state index is 12.9. The number of halogens is 1. The van der Waals surface area contributed by atoms with Gasteiger partial charge in [0.25, 0.3) is 5.91 Å². The second kappa shape index (κ2) is 6.58. The molecule has 1 fully saturated rings. The molecule has 0 aliphatic carbocycles. The summed E-state index contributed by atoms with van der Waals surface area (Å²) in [6.45, 7) is 0.521. The lowest BCUT2D eigenvalue weighted by atomic mass is 10.2. The van der Waals surface area contributed by atoms with E-state index in [0.29, 0.717) is 16.6 Å². The number of hydrogen-bond donors (Lipinski definition) is 1. The van der Waals surface area contributed by atoms with Gasteiger partial charge in [-0.05, 0) is 41.1 Å². The zero-order chi connectivity index (χ0) is 15.4. The fourth-order valence-corrected chi connectivity index (χ4v) is 2.78. The van der Waals surface area contributed by atoms with Crippen molar-refractivity contribution in [2.24, 2.45) is 4.99 Å². The summed E-state index contributed by atoms with van der Waals surface area (Å²) in [5.41, 5.74) is 1.86. The number of amidine groups is 1. The summed E-state index contributed by atoms with van der Waals surface area (Å²) in [5, 5.41) is 3.32. The number of amides is 1. The summed E-state index contributed by atoms with van der Waals surface area (Å²) >= 11 is 1.29. The van der Waals surface area contributed by atoms with Crippen LogP contribution >= 0.6 is 11.8 Å². The molecule has 0 unspecified atom stereocenters. The molecule has 0 atom stereocenters. The molecule has 1 amide bonds. The van der Waals surface area contributed by atoms with E-state index >= 15 is 0 Å². The van der Waals surface area contributed by atoms with Crippen molar-refractivity contribution in [1.29, 1.82) is 0 Å². The highest BCUT2D eigenvalue weighted by atomic mass is 32.2. The summed E-state index contributed by atoms with van der Waals surface area (Å²) in [4.78, 5) is 16.9. The Morgan fingerprint density at radius 3 is 2.55 bits per heavy atom. The molecule has 3 nitrogen and oxygen atoms in total. The lowest BCUT2D eigenvalue weighted by Crippen LogP contribution is -2.19. The van der Waals surface area contributed by atoms with Gasteiger partial charge in [0.05, 0.1) is 11.4 Å². The van der Waals surface area contributed by atoms with Crippen LogP contribution < -0.4 is 5.32 Å². The fourth-order valence-electron chi connectivity index (χ4n) is 1.96. The Morgan fingerprint density at radius 2 is 1.82 bits per heavy atom. The van der Waals surface area contributed by atoms with Crippen LogP contribution in [0.3, 0.4) is 0 Å². The second-order valence-corrected chi connectivity index (χ2v) is 5.75. The Balaban J connectivity index is 1.71. The molecular formula is C17H13FN2OS. The number of nitrogens with zero attached hydrogens (tertiary/aromatic N) is 1. The van der Waals surface area contributed by atoms with Crippen LogP contribution in [-0.2, 0) is 11.3 Å². The van der Waals surface area contributed by atoms with E-state index in [-0.39, 0.29) is 11.7 Å². The predicted molar refractivity (Wildman–Crippen MR) is 87.7 cm³/mol. The fraction of sp³-hybridized carbons (Fsp3) is 0.0588. The van der Waals surface area contributed by atoms with Crippen LogP contribution in [0.4, 0.5) is 4.39 Å². The van der Waals surface area contributed by atoms with Crippen LogP contribution in [0.2, 0.25) is 0 Å². The molecule has 1 N–H and O–H groups in total. The third kappa shape index (κ3) is 3.62. The summed E-state index contributed by atoms with van der Waals surface area (Å²) < 4.78 is 12.9. The Labute approximate surface area is 132 Å². The largest absolute Gasteiger partial charge is 0.301 e. The Bertz CT molecular complexity index is 739. The number of carbonyl (C=O) groups is 1. The van der Waals surface area contributed by atoms with Crippen LogP contribution in [-0.4, -0.2) is 11.1 Å². The number of benzene rings is 2. The summed E-state index contributed by atoms with van der Waals surface area (Å²) in [5.74, 6) is -0.475. The smallest absolute Gasteiger partial charge is 0.264 e. The molecule has 22 heavy (non-hydrogen) atoms. The minimum absolute atomic E-state index is 0.180. The van der Waals surface area contributed by atoms with Gasteiger partial charge >= 0.3 is 0 Å². The monoisotopic (exact) mass is 312 g/mol. The molecule has 1 heterocycles. The highest BCUT2D eigenvalue weighted by molar-refractivity contribution is 8.18. The zero-order valence-corrected chi connectivity index (χ0v) is 12.4. The molecule has 5 heteroatoms. The van der Waals surface area contributed by atoms with Gasteiger partial charge in [0.2, 0.25) is 0 Å². The van der Waals surface area contributed by atoms with Crippen LogP contribution in [0.5, 0.6) is 0 Å². The molecule has 3 rings (SSSR count). The van der Waals surface area contributed by atoms with Crippen LogP contribution in [0, 0.1) is 5.82 Å². The molecule has 110 valence electrons. The van der Waals surface area contributed by atoms with Gasteiger partial charge in [0, 0.05) is 0 Å². The van der Waals surface area contributed by atoms with Crippen molar-refractivity contribution in [3.63, 3.8) is 0 Å². The third-order valence-electron chi connectivity index (χ3n) is 3.07. The average molecular weight is 312 g/mol. The van der Waals surface area contributed by atoms with Crippen molar-refractivity contribution in [2.45, 2.75) is 6.54 Å². The van der Waals surface area contributed by atoms with E-state index in [4.69, 9.17) is 0 Å². The van der Waals surface area contributed by atoms with Crippen LogP contribution in [0.25, 0.3) is 6.08 Å². The lowest BCUT2D eigenvalue weighted by molar-refractivity contribution is -0.115. The maximum absolute atomic E-state index is 12.9. The number of rotatable bonds is 3. The molecule has 1 aliphatic rings. The van der Waals surface area contributed by atoms with Crippen molar-refractivity contribution in [3.8, 4) is 0 Å². The molecule has 0 radical (unpaired) electrons. The molecule has 0 saturated carbocycles. The number of aliphatic imine (C=N–C) groups is 1. The third-order valence-corrected chi connectivity index (χ3v) is 4.01. The van der Waals surface area contributed by atoms with E-state index in [2.05, 4.69) is 10.3 Å². The predicted octanol–water partition coefficient (Wildman–Crippen LogP) is 3.59. The summed E-state index contributed by atoms with van der Waals surface area (Å²) in [7, 11) is 0. The van der Waals surface area contributed by atoms with E-state index in [0.717, 1.165) is 11.1 Å². The number of carbonyl (C=O) groups excluding carboxylic acids is 1. The first-order chi connectivity index (χ1) is 10.7. The molecule has 1 aliphatic heterocycles. The van der Waals surface area contributed by atoms with Crippen molar-refractivity contribution >= 4 is 28.9 Å². The number of hydrogen-bond acceptors (Lipinski definition) is 3. The minimum Gasteiger partial charge on any atom is -0.301 e. The highest BCUT2D eigenvalue weighted by Crippen LogP contribution is 2.26. The number of nitrogens with one attached hydrogen (secondary N) is 1. The van der Waals surface area contributed by atoms with Gasteiger partial charge in [0.15, 0.2) is 5.17 Å². The van der Waals surface area contributed by atoms with Crippen LogP contribution in [0.1, 0.15) is 11.1 Å². The van der Waals surface area contributed by atoms with Crippen LogP contribution in [0.15, 0.2) is 64.5 Å². The van der Waals surface area contributed by atoms with Gasteiger partial charge in [-0.1, -0.05) is 42.5 Å². The van der Waals surface area contributed by atoms with Gasteiger partial charge in [-0.3, -0.25) is 9.79 Å². The van der Waals surface area contributed by atoms with Crippen molar-refractivity contribution in [2.75, 3.05) is 0 Å². The highest BCUT2D eigenvalue weighted by Gasteiger charge is 2.23. The Kier molecular flexibility index (Phi) is 4.34. The minimum atomic E-state index is -0.296. The molecule has 0 bridgehead atoms. The Morgan fingerprint density at radius 1 is 1.09 bits per heavy atom. The number of thioether (sulfide) groups is 1. The topological polar surface area (TPSA) is 41.5 Å². The first-order valence-electron chi connectivity index (χ1n) is 6.75. The SMILES string of the molecule is O=C1NC(=NCc2ccccc2)SC1=Cc1ccc(F)cc1. The molecular weight excluding hydrogens is 299 g/mol. The van der Waals surface area contributed by atoms with E-state index in [9.17, 15) is 9.18 Å². The summed E-state index contributed by atoms with van der Waals surface area (Å²) in [6, 6.07) is 15.8. The normalized spacial score (nSPS) is 18.0. The molecule has 2 aromatic carbocycles. The van der Waals surface area contributed by atoms with E-state index < -0.39 is 0 Å². The first-order valence-corrected chi connectivity index (χ1v) is 7.57. The molecule has 0 aromatic heterocycles. The van der Waals surface area contributed by atoms with E-state index in [1.54, 1.807) is 18.2 Å². The quantitative estimate of drug-likeness (QED) is 0.880. The van der Waals surface area contributed by atoms with Gasteiger partial charge in [-0.15, -0.1) is 0 Å². The van der Waals surface area contributed by atoms with Gasteiger partial charge < -0.3 is 5.32 Å². The second-order valence-electron chi connectivity index (χ2n) is 4.72. The zero-order valence-electron chi connectivity index (χ0n) is 11.6. The molecule has 0 spiro atoms. The van der Waals surface area contributed by atoms with Crippen molar-refractivity contribution < 1.29 is 9.18 Å². The lowest BCUT2D eigenvalue weighted by Gasteiger charge is -1.97. The molecule has 2 aromatic rings. The van der Waals surface area contributed by atoms with E-state index in [1.165, 1.54) is 23.9 Å². The van der Waals surface area contributed by atoms with Crippen molar-refractivity contribution in [1.82, 2.24) is 5.32 Å². The van der Waals surface area contributed by atoms with Gasteiger partial charge in [0.1, 0.15) is 5.82 Å². The van der Waals surface area contributed by atoms with Gasteiger partial charge in [-0.25, -0.2) is 4.39 Å². The average Bonchev–Trinajstić information content (AvgIpc) is 2.89. The van der Waals surface area contributed by atoms with Gasteiger partial charge in [-0.2, -0.15) is 0 Å². The maximum Gasteiger partial charge on any atom is 0.264 e. The molecule has 1 saturated heterocycles.